The van der Waals surface area contributed by atoms with Gasteiger partial charge in [-0.05, 0) is 17.7 Å². The van der Waals surface area contributed by atoms with Gasteiger partial charge in [0.15, 0.2) is 0 Å². The summed E-state index contributed by atoms with van der Waals surface area (Å²) in [5.74, 6) is -0.445. The lowest BCUT2D eigenvalue weighted by Crippen LogP contribution is -2.38. The molecular weight excluding hydrogens is 409 g/mol. The van der Waals surface area contributed by atoms with Crippen LogP contribution in [0.3, 0.4) is 0 Å². The van der Waals surface area contributed by atoms with E-state index in [9.17, 15) is 14.0 Å². The van der Waals surface area contributed by atoms with Gasteiger partial charge in [0.25, 0.3) is 0 Å². The Hall–Kier alpha value is -3.39. The summed E-state index contributed by atoms with van der Waals surface area (Å²) >= 11 is 6.22. The Morgan fingerprint density at radius 3 is 2.40 bits per heavy atom. The molecule has 2 atom stereocenters. The number of rotatable bonds is 7. The number of halogens is 2. The lowest BCUT2D eigenvalue weighted by molar-refractivity contribution is -0.122. The number of aryl methyl sites for hydroxylation is 1. The van der Waals surface area contributed by atoms with Crippen molar-refractivity contribution < 1.29 is 14.0 Å². The number of benzene rings is 2. The summed E-state index contributed by atoms with van der Waals surface area (Å²) in [6.45, 7) is 0. The van der Waals surface area contributed by atoms with Crippen molar-refractivity contribution in [3.63, 3.8) is 0 Å². The highest BCUT2D eigenvalue weighted by Crippen LogP contribution is 2.27. The maximum absolute atomic E-state index is 14.5. The predicted octanol–water partition coefficient (Wildman–Crippen LogP) is 3.22. The molecule has 0 saturated carbocycles. The molecule has 2 unspecified atom stereocenters. The smallest absolute Gasteiger partial charge is 0.312 e. The van der Waals surface area contributed by atoms with Crippen LogP contribution in [-0.2, 0) is 11.8 Å². The van der Waals surface area contributed by atoms with Crippen molar-refractivity contribution in [2.24, 2.45) is 12.8 Å². The Kier molecular flexibility index (Phi) is 6.68. The molecule has 0 spiro atoms. The van der Waals surface area contributed by atoms with Crippen LogP contribution in [-0.4, -0.2) is 21.5 Å². The molecule has 4 N–H and O–H groups in total. The predicted molar refractivity (Wildman–Crippen MR) is 111 cm³/mol. The summed E-state index contributed by atoms with van der Waals surface area (Å²) in [5, 5.41) is 5.74. The quantitative estimate of drug-likeness (QED) is 0.537. The third-order valence-electron chi connectivity index (χ3n) is 4.62. The molecule has 0 aliphatic carbocycles. The van der Waals surface area contributed by atoms with Gasteiger partial charge in [-0.2, -0.15) is 0 Å². The van der Waals surface area contributed by atoms with Crippen molar-refractivity contribution in [2.75, 3.05) is 0 Å². The van der Waals surface area contributed by atoms with Crippen LogP contribution < -0.4 is 16.4 Å². The molecule has 0 bridgehead atoms. The summed E-state index contributed by atoms with van der Waals surface area (Å²) in [7, 11) is 1.75. The van der Waals surface area contributed by atoms with Crippen molar-refractivity contribution in [1.29, 1.82) is 0 Å². The molecule has 3 rings (SSSR count). The van der Waals surface area contributed by atoms with E-state index in [0.717, 1.165) is 0 Å². The highest BCUT2D eigenvalue weighted by Gasteiger charge is 2.26. The topological polar surface area (TPSA) is 102 Å². The second-order valence-corrected chi connectivity index (χ2v) is 7.11. The minimum absolute atomic E-state index is 0.151. The van der Waals surface area contributed by atoms with Gasteiger partial charge in [0.2, 0.25) is 5.91 Å². The molecule has 7 nitrogen and oxygen atoms in total. The van der Waals surface area contributed by atoms with Crippen LogP contribution in [0.5, 0.6) is 0 Å². The van der Waals surface area contributed by atoms with Crippen LogP contribution in [0, 0.1) is 5.82 Å². The van der Waals surface area contributed by atoms with Gasteiger partial charge >= 0.3 is 6.03 Å². The Labute approximate surface area is 178 Å². The van der Waals surface area contributed by atoms with Gasteiger partial charge in [-0.3, -0.25) is 4.79 Å². The number of carbonyl (C=O) groups excluding carboxylic acids is 2. The van der Waals surface area contributed by atoms with Crippen molar-refractivity contribution >= 4 is 23.5 Å². The van der Waals surface area contributed by atoms with Crippen molar-refractivity contribution in [2.45, 2.75) is 18.5 Å². The molecule has 1 aromatic heterocycles. The molecule has 0 aliphatic rings. The van der Waals surface area contributed by atoms with Gasteiger partial charge in [0.1, 0.15) is 17.7 Å². The molecule has 3 amide bonds. The molecule has 0 fully saturated rings. The fourth-order valence-electron chi connectivity index (χ4n) is 3.22. The minimum atomic E-state index is -0.820. The summed E-state index contributed by atoms with van der Waals surface area (Å²) < 4.78 is 16.2. The van der Waals surface area contributed by atoms with E-state index in [0.29, 0.717) is 16.4 Å². The molecule has 156 valence electrons. The van der Waals surface area contributed by atoms with E-state index in [4.69, 9.17) is 17.3 Å². The van der Waals surface area contributed by atoms with Crippen LogP contribution in [0.15, 0.2) is 60.9 Å². The number of nitrogens with one attached hydrogen (secondary N) is 2. The highest BCUT2D eigenvalue weighted by atomic mass is 35.5. The van der Waals surface area contributed by atoms with Crippen LogP contribution in [0.4, 0.5) is 9.18 Å². The molecule has 1 heterocycles. The zero-order chi connectivity index (χ0) is 21.7. The Bertz CT molecular complexity index is 1060. The number of amides is 3. The van der Waals surface area contributed by atoms with Crippen molar-refractivity contribution in [3.05, 3.63) is 88.7 Å². The van der Waals surface area contributed by atoms with E-state index >= 15 is 0 Å². The lowest BCUT2D eigenvalue weighted by Gasteiger charge is -2.23. The molecule has 3 aromatic rings. The van der Waals surface area contributed by atoms with E-state index in [1.54, 1.807) is 66.5 Å². The first-order valence-electron chi connectivity index (χ1n) is 9.18. The average Bonchev–Trinajstić information content (AvgIpc) is 3.12. The van der Waals surface area contributed by atoms with Gasteiger partial charge in [-0.1, -0.05) is 48.0 Å². The number of primary amides is 1. The summed E-state index contributed by atoms with van der Waals surface area (Å²) in [4.78, 5) is 28.6. The van der Waals surface area contributed by atoms with E-state index in [1.165, 1.54) is 6.07 Å². The lowest BCUT2D eigenvalue weighted by atomic mass is 10.0. The molecule has 0 radical (unpaired) electrons. The van der Waals surface area contributed by atoms with E-state index in [2.05, 4.69) is 15.6 Å². The fourth-order valence-corrected chi connectivity index (χ4v) is 3.49. The largest absolute Gasteiger partial charge is 0.352 e. The molecule has 0 saturated heterocycles. The number of urea groups is 1. The molecule has 2 aromatic carbocycles. The number of hydrogen-bond donors (Lipinski definition) is 3. The summed E-state index contributed by atoms with van der Waals surface area (Å²) in [5.41, 5.74) is 6.10. The third kappa shape index (κ3) is 4.96. The summed E-state index contributed by atoms with van der Waals surface area (Å²) in [6, 6.07) is 10.6. The maximum atomic E-state index is 14.5. The normalized spacial score (nSPS) is 12.8. The number of nitrogens with zero attached hydrogens (tertiary/aromatic N) is 2. The van der Waals surface area contributed by atoms with Crippen LogP contribution in [0.25, 0.3) is 0 Å². The molecule has 30 heavy (non-hydrogen) atoms. The summed E-state index contributed by atoms with van der Waals surface area (Å²) in [6.07, 6.45) is 3.12. The zero-order valence-corrected chi connectivity index (χ0v) is 16.9. The maximum Gasteiger partial charge on any atom is 0.312 e. The third-order valence-corrected chi connectivity index (χ3v) is 4.97. The van der Waals surface area contributed by atoms with Gasteiger partial charge in [-0.25, -0.2) is 14.2 Å². The SMILES string of the molecule is Cn1ccnc1C(NC(=O)CC(NC(N)=O)c1ccccc1Cl)c1ccccc1F. The first kappa shape index (κ1) is 21.3. The minimum Gasteiger partial charge on any atom is -0.352 e. The van der Waals surface area contributed by atoms with Crippen molar-refractivity contribution in [1.82, 2.24) is 20.2 Å². The fraction of sp³-hybridized carbons (Fsp3) is 0.190. The monoisotopic (exact) mass is 429 g/mol. The van der Waals surface area contributed by atoms with Gasteiger partial charge in [-0.15, -0.1) is 0 Å². The second kappa shape index (κ2) is 9.41. The second-order valence-electron chi connectivity index (χ2n) is 6.71. The highest BCUT2D eigenvalue weighted by molar-refractivity contribution is 6.31. The van der Waals surface area contributed by atoms with Gasteiger partial charge < -0.3 is 20.9 Å². The van der Waals surface area contributed by atoms with E-state index in [-0.39, 0.29) is 12.0 Å². The number of hydrogen-bond acceptors (Lipinski definition) is 3. The number of nitrogens with two attached hydrogens (primary N) is 1. The molecule has 0 aliphatic heterocycles. The Balaban J connectivity index is 1.88. The Morgan fingerprint density at radius 2 is 1.80 bits per heavy atom. The van der Waals surface area contributed by atoms with Crippen LogP contribution in [0.2, 0.25) is 5.02 Å². The van der Waals surface area contributed by atoms with Gasteiger partial charge in [0, 0.05) is 30.0 Å². The number of aromatic nitrogens is 2. The van der Waals surface area contributed by atoms with Gasteiger partial charge in [0.05, 0.1) is 12.5 Å². The van der Waals surface area contributed by atoms with Crippen molar-refractivity contribution in [3.8, 4) is 0 Å². The number of carbonyl (C=O) groups is 2. The van der Waals surface area contributed by atoms with Crippen LogP contribution in [0.1, 0.15) is 35.5 Å². The van der Waals surface area contributed by atoms with Crippen LogP contribution >= 0.6 is 11.6 Å². The zero-order valence-electron chi connectivity index (χ0n) is 16.2. The van der Waals surface area contributed by atoms with E-state index in [1.807, 2.05) is 0 Å². The van der Waals surface area contributed by atoms with E-state index < -0.39 is 29.8 Å². The standard InChI is InChI=1S/C21H21ClFN5O2/c1-28-11-10-25-20(28)19(14-7-3-5-9-16(14)23)27-18(29)12-17(26-21(24)30)13-6-2-4-8-15(13)22/h2-11,17,19H,12H2,1H3,(H,27,29)(H3,24,26,30). The first-order valence-corrected chi connectivity index (χ1v) is 9.56. The molecular formula is C21H21ClFN5O2. The molecule has 9 heteroatoms. The Morgan fingerprint density at radius 1 is 1.13 bits per heavy atom. The first-order chi connectivity index (χ1) is 14.4. The number of imidazole rings is 1. The average molecular weight is 430 g/mol.